The van der Waals surface area contributed by atoms with Crippen LogP contribution in [0, 0.1) is 6.92 Å². The van der Waals surface area contributed by atoms with Crippen molar-refractivity contribution in [3.63, 3.8) is 0 Å². The third-order valence-electron chi connectivity index (χ3n) is 5.34. The Labute approximate surface area is 173 Å². The van der Waals surface area contributed by atoms with Gasteiger partial charge in [0.25, 0.3) is 5.91 Å². The van der Waals surface area contributed by atoms with E-state index in [9.17, 15) is 4.79 Å². The van der Waals surface area contributed by atoms with Crippen LogP contribution in [0.5, 0.6) is 0 Å². The molecule has 0 bridgehead atoms. The Morgan fingerprint density at radius 3 is 2.75 bits per heavy atom. The molecule has 28 heavy (non-hydrogen) atoms. The second-order valence-corrected chi connectivity index (χ2v) is 8.08. The van der Waals surface area contributed by atoms with Crippen LogP contribution in [0.3, 0.4) is 0 Å². The number of amides is 1. The highest BCUT2D eigenvalue weighted by molar-refractivity contribution is 9.10. The summed E-state index contributed by atoms with van der Waals surface area (Å²) in [6, 6.07) is 16.6. The monoisotopic (exact) mass is 438 g/mol. The molecule has 1 aliphatic heterocycles. The van der Waals surface area contributed by atoms with Gasteiger partial charge in [-0.1, -0.05) is 34.1 Å². The fourth-order valence-electron chi connectivity index (χ4n) is 3.74. The topological polar surface area (TPSA) is 50.2 Å². The van der Waals surface area contributed by atoms with Crippen LogP contribution >= 0.6 is 15.9 Å². The van der Waals surface area contributed by atoms with Gasteiger partial charge in [0.05, 0.1) is 23.1 Å². The number of anilines is 1. The lowest BCUT2D eigenvalue weighted by molar-refractivity contribution is 0.0951. The maximum Gasteiger partial charge on any atom is 0.254 e. The molecule has 1 aliphatic rings. The minimum atomic E-state index is -0.0832. The normalized spacial score (nSPS) is 14.0. The SMILES string of the molecule is Cc1c(C(=O)NCC(C)N2CCc3ccccc32)cnn1-c1ccc(Br)cc1. The molecule has 2 aromatic carbocycles. The largest absolute Gasteiger partial charge is 0.366 e. The highest BCUT2D eigenvalue weighted by Crippen LogP contribution is 2.29. The Morgan fingerprint density at radius 1 is 1.21 bits per heavy atom. The standard InChI is InChI=1S/C22H23BrN4O/c1-15(26-12-11-17-5-3-4-6-21(17)26)13-24-22(28)20-14-25-27(16(20)2)19-9-7-18(23)8-10-19/h3-10,14-15H,11-13H2,1-2H3,(H,24,28). The summed E-state index contributed by atoms with van der Waals surface area (Å²) in [5.74, 6) is -0.0832. The van der Waals surface area contributed by atoms with Gasteiger partial charge in [-0.15, -0.1) is 0 Å². The second-order valence-electron chi connectivity index (χ2n) is 7.16. The van der Waals surface area contributed by atoms with Gasteiger partial charge in [0, 0.05) is 29.3 Å². The van der Waals surface area contributed by atoms with Gasteiger partial charge in [-0.05, 0) is 56.2 Å². The van der Waals surface area contributed by atoms with Gasteiger partial charge >= 0.3 is 0 Å². The van der Waals surface area contributed by atoms with E-state index in [2.05, 4.69) is 62.4 Å². The lowest BCUT2D eigenvalue weighted by atomic mass is 10.1. The van der Waals surface area contributed by atoms with E-state index in [0.717, 1.165) is 28.8 Å². The fourth-order valence-corrected chi connectivity index (χ4v) is 4.01. The number of para-hydroxylation sites is 1. The van der Waals surface area contributed by atoms with E-state index in [1.165, 1.54) is 11.3 Å². The molecule has 3 aromatic rings. The van der Waals surface area contributed by atoms with Gasteiger partial charge in [0.1, 0.15) is 0 Å². The molecule has 4 rings (SSSR count). The van der Waals surface area contributed by atoms with Crippen LogP contribution in [0.2, 0.25) is 0 Å². The first kappa shape index (κ1) is 18.7. The molecular formula is C22H23BrN4O. The summed E-state index contributed by atoms with van der Waals surface area (Å²) in [6.45, 7) is 5.66. The molecule has 1 aromatic heterocycles. The Balaban J connectivity index is 1.43. The highest BCUT2D eigenvalue weighted by atomic mass is 79.9. The summed E-state index contributed by atoms with van der Waals surface area (Å²) in [5, 5.41) is 7.48. The molecule has 1 atom stereocenters. The number of carbonyl (C=O) groups excluding carboxylic acids is 1. The number of rotatable bonds is 5. The van der Waals surface area contributed by atoms with Crippen molar-refractivity contribution in [2.24, 2.45) is 0 Å². The van der Waals surface area contributed by atoms with Gasteiger partial charge < -0.3 is 10.2 Å². The highest BCUT2D eigenvalue weighted by Gasteiger charge is 2.24. The van der Waals surface area contributed by atoms with E-state index in [-0.39, 0.29) is 11.9 Å². The van der Waals surface area contributed by atoms with Crippen molar-refractivity contribution >= 4 is 27.5 Å². The number of hydrogen-bond acceptors (Lipinski definition) is 3. The third-order valence-corrected chi connectivity index (χ3v) is 5.87. The van der Waals surface area contributed by atoms with Gasteiger partial charge in [0.15, 0.2) is 0 Å². The van der Waals surface area contributed by atoms with E-state index < -0.39 is 0 Å². The first-order valence-corrected chi connectivity index (χ1v) is 10.3. The summed E-state index contributed by atoms with van der Waals surface area (Å²) in [6.07, 6.45) is 2.70. The predicted octanol–water partition coefficient (Wildman–Crippen LogP) is 4.12. The number of nitrogens with one attached hydrogen (secondary N) is 1. The molecule has 0 saturated carbocycles. The molecule has 144 valence electrons. The Morgan fingerprint density at radius 2 is 1.96 bits per heavy atom. The van der Waals surface area contributed by atoms with Crippen molar-refractivity contribution in [3.05, 3.63) is 76.0 Å². The third kappa shape index (κ3) is 3.56. The zero-order valence-corrected chi connectivity index (χ0v) is 17.6. The van der Waals surface area contributed by atoms with Crippen molar-refractivity contribution in [2.45, 2.75) is 26.3 Å². The van der Waals surface area contributed by atoms with Crippen molar-refractivity contribution in [1.29, 1.82) is 0 Å². The predicted molar refractivity (Wildman–Crippen MR) is 115 cm³/mol. The van der Waals surface area contributed by atoms with E-state index >= 15 is 0 Å². The van der Waals surface area contributed by atoms with Crippen LogP contribution in [-0.2, 0) is 6.42 Å². The number of carbonyl (C=O) groups is 1. The van der Waals surface area contributed by atoms with Crippen molar-refractivity contribution in [1.82, 2.24) is 15.1 Å². The first-order valence-electron chi connectivity index (χ1n) is 9.48. The van der Waals surface area contributed by atoms with Crippen LogP contribution in [0.1, 0.15) is 28.5 Å². The van der Waals surface area contributed by atoms with E-state index in [0.29, 0.717) is 12.1 Å². The summed E-state index contributed by atoms with van der Waals surface area (Å²) >= 11 is 3.44. The molecule has 0 radical (unpaired) electrons. The van der Waals surface area contributed by atoms with Crippen molar-refractivity contribution in [3.8, 4) is 5.69 Å². The number of halogens is 1. The lowest BCUT2D eigenvalue weighted by Gasteiger charge is -2.27. The van der Waals surface area contributed by atoms with E-state index in [4.69, 9.17) is 0 Å². The van der Waals surface area contributed by atoms with Crippen LogP contribution in [0.25, 0.3) is 5.69 Å². The van der Waals surface area contributed by atoms with Crippen LogP contribution in [0.15, 0.2) is 59.2 Å². The van der Waals surface area contributed by atoms with E-state index in [1.807, 2.05) is 31.2 Å². The lowest BCUT2D eigenvalue weighted by Crippen LogP contribution is -2.41. The number of hydrogen-bond donors (Lipinski definition) is 1. The number of aromatic nitrogens is 2. The van der Waals surface area contributed by atoms with Gasteiger partial charge in [-0.25, -0.2) is 4.68 Å². The summed E-state index contributed by atoms with van der Waals surface area (Å²) in [7, 11) is 0. The molecule has 0 aliphatic carbocycles. The number of nitrogens with zero attached hydrogens (tertiary/aromatic N) is 3. The molecule has 5 nitrogen and oxygen atoms in total. The minimum Gasteiger partial charge on any atom is -0.366 e. The number of fused-ring (bicyclic) bond motifs is 1. The van der Waals surface area contributed by atoms with Gasteiger partial charge in [0.2, 0.25) is 0 Å². The van der Waals surface area contributed by atoms with Crippen LogP contribution < -0.4 is 10.2 Å². The summed E-state index contributed by atoms with van der Waals surface area (Å²) < 4.78 is 2.80. The molecule has 0 spiro atoms. The average Bonchev–Trinajstić information content (AvgIpc) is 3.30. The molecule has 1 amide bonds. The molecule has 0 fully saturated rings. The molecule has 6 heteroatoms. The van der Waals surface area contributed by atoms with Gasteiger partial charge in [-0.3, -0.25) is 4.79 Å². The van der Waals surface area contributed by atoms with Gasteiger partial charge in [-0.2, -0.15) is 5.10 Å². The van der Waals surface area contributed by atoms with Crippen LogP contribution in [-0.4, -0.2) is 34.8 Å². The molecule has 0 saturated heterocycles. The Kier molecular flexibility index (Phi) is 5.22. The van der Waals surface area contributed by atoms with Crippen molar-refractivity contribution < 1.29 is 4.79 Å². The zero-order valence-electron chi connectivity index (χ0n) is 16.0. The first-order chi connectivity index (χ1) is 13.5. The Hall–Kier alpha value is -2.60. The smallest absolute Gasteiger partial charge is 0.254 e. The molecule has 1 N–H and O–H groups in total. The second kappa shape index (κ2) is 7.80. The zero-order chi connectivity index (χ0) is 19.7. The molecular weight excluding hydrogens is 416 g/mol. The molecule has 1 unspecified atom stereocenters. The van der Waals surface area contributed by atoms with E-state index in [1.54, 1.807) is 10.9 Å². The summed E-state index contributed by atoms with van der Waals surface area (Å²) in [5.41, 5.74) is 5.04. The summed E-state index contributed by atoms with van der Waals surface area (Å²) in [4.78, 5) is 15.1. The maximum absolute atomic E-state index is 12.7. The van der Waals surface area contributed by atoms with Crippen LogP contribution in [0.4, 0.5) is 5.69 Å². The van der Waals surface area contributed by atoms with Crippen molar-refractivity contribution in [2.75, 3.05) is 18.0 Å². The molecule has 2 heterocycles. The fraction of sp³-hybridized carbons (Fsp3) is 0.273. The quantitative estimate of drug-likeness (QED) is 0.651. The minimum absolute atomic E-state index is 0.0832. The maximum atomic E-state index is 12.7. The average molecular weight is 439 g/mol. The number of benzene rings is 2. The Bertz CT molecular complexity index is 996.